The van der Waals surface area contributed by atoms with E-state index in [0.717, 1.165) is 30.5 Å². The van der Waals surface area contributed by atoms with Gasteiger partial charge in [-0.25, -0.2) is 0 Å². The van der Waals surface area contributed by atoms with Gasteiger partial charge in [0.1, 0.15) is 0 Å². The molecule has 0 aromatic carbocycles. The summed E-state index contributed by atoms with van der Waals surface area (Å²) in [6, 6.07) is 4.08. The summed E-state index contributed by atoms with van der Waals surface area (Å²) in [7, 11) is 0. The molecule has 96 valence electrons. The SMILES string of the molecule is Clc1ccc(CCNCCCC2CCCO2)s1. The van der Waals surface area contributed by atoms with E-state index in [4.69, 9.17) is 16.3 Å². The van der Waals surface area contributed by atoms with Crippen LogP contribution >= 0.6 is 22.9 Å². The molecule has 0 amide bonds. The average molecular weight is 274 g/mol. The second-order valence-corrected chi connectivity index (χ2v) is 6.28. The average Bonchev–Trinajstić information content (AvgIpc) is 2.95. The molecule has 1 aliphatic rings. The maximum absolute atomic E-state index is 5.88. The van der Waals surface area contributed by atoms with Gasteiger partial charge in [-0.2, -0.15) is 0 Å². The number of ether oxygens (including phenoxy) is 1. The van der Waals surface area contributed by atoms with Crippen molar-refractivity contribution in [2.45, 2.75) is 38.2 Å². The number of nitrogens with one attached hydrogen (secondary N) is 1. The monoisotopic (exact) mass is 273 g/mol. The van der Waals surface area contributed by atoms with Gasteiger partial charge >= 0.3 is 0 Å². The van der Waals surface area contributed by atoms with E-state index in [2.05, 4.69) is 11.4 Å². The van der Waals surface area contributed by atoms with E-state index in [1.807, 2.05) is 6.07 Å². The molecule has 0 radical (unpaired) electrons. The third-order valence-electron chi connectivity index (χ3n) is 3.08. The Morgan fingerprint density at radius 1 is 1.41 bits per heavy atom. The highest BCUT2D eigenvalue weighted by Crippen LogP contribution is 2.21. The van der Waals surface area contributed by atoms with Gasteiger partial charge in [0.25, 0.3) is 0 Å². The highest BCUT2D eigenvalue weighted by molar-refractivity contribution is 7.16. The molecule has 1 aromatic heterocycles. The van der Waals surface area contributed by atoms with Crippen molar-refractivity contribution < 1.29 is 4.74 Å². The van der Waals surface area contributed by atoms with Crippen LogP contribution in [0, 0.1) is 0 Å². The van der Waals surface area contributed by atoms with Gasteiger partial charge in [0, 0.05) is 11.5 Å². The molecule has 2 heterocycles. The van der Waals surface area contributed by atoms with Crippen LogP contribution in [0.3, 0.4) is 0 Å². The van der Waals surface area contributed by atoms with Crippen LogP contribution in [0.4, 0.5) is 0 Å². The first-order valence-electron chi connectivity index (χ1n) is 6.41. The lowest BCUT2D eigenvalue weighted by Gasteiger charge is -2.09. The lowest BCUT2D eigenvalue weighted by molar-refractivity contribution is 0.102. The van der Waals surface area contributed by atoms with Gasteiger partial charge in [-0.3, -0.25) is 0 Å². The van der Waals surface area contributed by atoms with Crippen LogP contribution in [0.5, 0.6) is 0 Å². The molecule has 0 saturated carbocycles. The Bertz CT molecular complexity index is 323. The van der Waals surface area contributed by atoms with E-state index in [1.165, 1.54) is 30.6 Å². The quantitative estimate of drug-likeness (QED) is 0.768. The molecule has 2 nitrogen and oxygen atoms in total. The standard InChI is InChI=1S/C13H20ClNOS/c14-13-6-5-12(17-13)7-9-15-8-1-3-11-4-2-10-16-11/h5-6,11,15H,1-4,7-10H2. The van der Waals surface area contributed by atoms with E-state index in [1.54, 1.807) is 11.3 Å². The normalized spacial score (nSPS) is 19.9. The van der Waals surface area contributed by atoms with Crippen molar-refractivity contribution in [3.63, 3.8) is 0 Å². The van der Waals surface area contributed by atoms with E-state index in [-0.39, 0.29) is 0 Å². The van der Waals surface area contributed by atoms with Gasteiger partial charge in [-0.15, -0.1) is 11.3 Å². The zero-order valence-corrected chi connectivity index (χ0v) is 11.7. The topological polar surface area (TPSA) is 21.3 Å². The molecule has 0 bridgehead atoms. The number of rotatable bonds is 7. The van der Waals surface area contributed by atoms with Crippen LogP contribution in [0.2, 0.25) is 4.34 Å². The molecule has 1 aliphatic heterocycles. The molecule has 0 spiro atoms. The minimum atomic E-state index is 0.535. The van der Waals surface area contributed by atoms with Crippen molar-refractivity contribution >= 4 is 22.9 Å². The molecule has 2 rings (SSSR count). The number of hydrogen-bond donors (Lipinski definition) is 1. The van der Waals surface area contributed by atoms with Gasteiger partial charge in [0.05, 0.1) is 10.4 Å². The van der Waals surface area contributed by atoms with Crippen molar-refractivity contribution in [2.75, 3.05) is 19.7 Å². The van der Waals surface area contributed by atoms with Crippen LogP contribution in [0.25, 0.3) is 0 Å². The third kappa shape index (κ3) is 4.96. The van der Waals surface area contributed by atoms with E-state index in [0.29, 0.717) is 6.10 Å². The Morgan fingerprint density at radius 2 is 2.35 bits per heavy atom. The molecule has 1 fully saturated rings. The number of hydrogen-bond acceptors (Lipinski definition) is 3. The molecule has 1 aromatic rings. The maximum Gasteiger partial charge on any atom is 0.0931 e. The number of halogens is 1. The molecule has 4 heteroatoms. The lowest BCUT2D eigenvalue weighted by Crippen LogP contribution is -2.19. The van der Waals surface area contributed by atoms with Gasteiger partial charge in [0.2, 0.25) is 0 Å². The maximum atomic E-state index is 5.88. The summed E-state index contributed by atoms with van der Waals surface area (Å²) in [6.07, 6.45) is 6.54. The number of thiophene rings is 1. The molecule has 1 N–H and O–H groups in total. The fraction of sp³-hybridized carbons (Fsp3) is 0.692. The zero-order chi connectivity index (χ0) is 11.9. The summed E-state index contributed by atoms with van der Waals surface area (Å²) in [5.41, 5.74) is 0. The Kier molecular flexibility index (Phi) is 5.78. The van der Waals surface area contributed by atoms with E-state index >= 15 is 0 Å². The van der Waals surface area contributed by atoms with Crippen molar-refractivity contribution in [1.82, 2.24) is 5.32 Å². The van der Waals surface area contributed by atoms with Crippen molar-refractivity contribution in [1.29, 1.82) is 0 Å². The van der Waals surface area contributed by atoms with Crippen LogP contribution in [0.15, 0.2) is 12.1 Å². The highest BCUT2D eigenvalue weighted by atomic mass is 35.5. The fourth-order valence-corrected chi connectivity index (χ4v) is 3.24. The predicted octanol–water partition coefficient (Wildman–Crippen LogP) is 3.49. The van der Waals surface area contributed by atoms with Crippen molar-refractivity contribution in [3.8, 4) is 0 Å². The Balaban J connectivity index is 1.46. The van der Waals surface area contributed by atoms with Crippen molar-refractivity contribution in [2.24, 2.45) is 0 Å². The smallest absolute Gasteiger partial charge is 0.0931 e. The molecule has 1 atom stereocenters. The summed E-state index contributed by atoms with van der Waals surface area (Å²) in [4.78, 5) is 1.36. The highest BCUT2D eigenvalue weighted by Gasteiger charge is 2.14. The minimum Gasteiger partial charge on any atom is -0.378 e. The lowest BCUT2D eigenvalue weighted by atomic mass is 10.1. The van der Waals surface area contributed by atoms with E-state index < -0.39 is 0 Å². The van der Waals surface area contributed by atoms with Crippen LogP contribution in [-0.4, -0.2) is 25.8 Å². The fourth-order valence-electron chi connectivity index (χ4n) is 2.15. The summed E-state index contributed by atoms with van der Waals surface area (Å²) in [6.45, 7) is 3.11. The predicted molar refractivity (Wildman–Crippen MR) is 74.1 cm³/mol. The van der Waals surface area contributed by atoms with Crippen molar-refractivity contribution in [3.05, 3.63) is 21.3 Å². The van der Waals surface area contributed by atoms with Crippen LogP contribution in [-0.2, 0) is 11.2 Å². The molecule has 1 saturated heterocycles. The second-order valence-electron chi connectivity index (χ2n) is 4.48. The second kappa shape index (κ2) is 7.37. The molecular formula is C13H20ClNOS. The Morgan fingerprint density at radius 3 is 3.06 bits per heavy atom. The van der Waals surface area contributed by atoms with Crippen LogP contribution < -0.4 is 5.32 Å². The van der Waals surface area contributed by atoms with Gasteiger partial charge in [0.15, 0.2) is 0 Å². The largest absolute Gasteiger partial charge is 0.378 e. The molecule has 1 unspecified atom stereocenters. The molecule has 0 aliphatic carbocycles. The summed E-state index contributed by atoms with van der Waals surface area (Å²) in [5, 5.41) is 3.48. The summed E-state index contributed by atoms with van der Waals surface area (Å²) in [5.74, 6) is 0. The Hall–Kier alpha value is -0.0900. The van der Waals surface area contributed by atoms with E-state index in [9.17, 15) is 0 Å². The summed E-state index contributed by atoms with van der Waals surface area (Å²) >= 11 is 7.56. The molecule has 17 heavy (non-hydrogen) atoms. The molecular weight excluding hydrogens is 254 g/mol. The van der Waals surface area contributed by atoms with Gasteiger partial charge < -0.3 is 10.1 Å². The Labute approximate surface area is 112 Å². The van der Waals surface area contributed by atoms with Gasteiger partial charge in [-0.1, -0.05) is 11.6 Å². The van der Waals surface area contributed by atoms with Crippen LogP contribution in [0.1, 0.15) is 30.6 Å². The first-order chi connectivity index (χ1) is 8.34. The zero-order valence-electron chi connectivity index (χ0n) is 10.1. The minimum absolute atomic E-state index is 0.535. The first-order valence-corrected chi connectivity index (χ1v) is 7.60. The summed E-state index contributed by atoms with van der Waals surface area (Å²) < 4.78 is 6.48. The first kappa shape index (κ1) is 13.3. The van der Waals surface area contributed by atoms with Gasteiger partial charge in [-0.05, 0) is 57.3 Å². The third-order valence-corrected chi connectivity index (χ3v) is 4.37.